The van der Waals surface area contributed by atoms with Crippen LogP contribution in [0.4, 0.5) is 0 Å². The van der Waals surface area contributed by atoms with Crippen molar-refractivity contribution in [2.24, 2.45) is 0 Å². The second kappa shape index (κ2) is 5.34. The van der Waals surface area contributed by atoms with Gasteiger partial charge in [0.1, 0.15) is 12.2 Å². The monoisotopic (exact) mass is 275 g/mol. The van der Waals surface area contributed by atoms with Gasteiger partial charge in [0, 0.05) is 6.42 Å². The molecule has 2 N–H and O–H groups in total. The number of hydroxylamine groups is 2. The Morgan fingerprint density at radius 3 is 2.84 bits per heavy atom. The van der Waals surface area contributed by atoms with Crippen molar-refractivity contribution in [2.45, 2.75) is 56.8 Å². The highest BCUT2D eigenvalue weighted by molar-refractivity contribution is 5.69. The van der Waals surface area contributed by atoms with Crippen LogP contribution in [0.1, 0.15) is 26.7 Å². The average Bonchev–Trinajstić information content (AvgIpc) is 2.75. The summed E-state index contributed by atoms with van der Waals surface area (Å²) in [7, 11) is 1.30. The van der Waals surface area contributed by atoms with Crippen LogP contribution in [-0.4, -0.2) is 65.1 Å². The van der Waals surface area contributed by atoms with Crippen molar-refractivity contribution >= 4 is 5.97 Å². The first kappa shape index (κ1) is 14.7. The van der Waals surface area contributed by atoms with Crippen LogP contribution in [0.5, 0.6) is 0 Å². The normalized spacial score (nSPS) is 35.1. The Balaban J connectivity index is 1.96. The fraction of sp³-hybridized carbons (Fsp3) is 0.917. The van der Waals surface area contributed by atoms with E-state index in [9.17, 15) is 15.1 Å². The third-order valence-electron chi connectivity index (χ3n) is 3.54. The van der Waals surface area contributed by atoms with E-state index in [1.54, 1.807) is 13.8 Å². The van der Waals surface area contributed by atoms with Crippen LogP contribution >= 0.6 is 0 Å². The van der Waals surface area contributed by atoms with Gasteiger partial charge in [-0.2, -0.15) is 5.06 Å². The Hall–Kier alpha value is -0.730. The molecule has 0 saturated carbocycles. The lowest BCUT2D eigenvalue weighted by Gasteiger charge is -2.29. The molecule has 2 heterocycles. The summed E-state index contributed by atoms with van der Waals surface area (Å²) < 4.78 is 15.9. The number of carbonyl (C=O) groups is 1. The first-order chi connectivity index (χ1) is 8.84. The molecule has 19 heavy (non-hydrogen) atoms. The molecule has 0 aromatic rings. The number of carbonyl (C=O) groups excluding carboxylic acids is 1. The number of rotatable bonds is 4. The van der Waals surface area contributed by atoms with E-state index in [-0.39, 0.29) is 31.5 Å². The summed E-state index contributed by atoms with van der Waals surface area (Å²) in [6, 6.07) is -0.587. The first-order valence-electron chi connectivity index (χ1n) is 6.40. The van der Waals surface area contributed by atoms with Crippen molar-refractivity contribution in [3.63, 3.8) is 0 Å². The zero-order chi connectivity index (χ0) is 14.2. The fourth-order valence-electron chi connectivity index (χ4n) is 2.73. The van der Waals surface area contributed by atoms with Crippen LogP contribution < -0.4 is 0 Å². The smallest absolute Gasteiger partial charge is 0.305 e. The average molecular weight is 275 g/mol. The number of aliphatic hydroxyl groups excluding tert-OH is 1. The van der Waals surface area contributed by atoms with E-state index in [0.717, 1.165) is 5.06 Å². The highest BCUT2D eigenvalue weighted by atomic mass is 16.8. The molecular formula is C12H21NO6. The number of nitrogens with zero attached hydrogens (tertiary/aromatic N) is 1. The highest BCUT2D eigenvalue weighted by Gasteiger charge is 2.54. The number of hydrogen-bond donors (Lipinski definition) is 2. The minimum Gasteiger partial charge on any atom is -0.469 e. The number of fused-ring (bicyclic) bond motifs is 1. The summed E-state index contributed by atoms with van der Waals surface area (Å²) in [6.07, 6.45) is -1.23. The van der Waals surface area contributed by atoms with Crippen molar-refractivity contribution in [3.05, 3.63) is 0 Å². The molecule has 4 atom stereocenters. The van der Waals surface area contributed by atoms with E-state index in [0.29, 0.717) is 0 Å². The SMILES string of the molecule is COC(=O)CC[C@@H](O)[C@H]1[C@@H]2OC(C)(C)O[C@@H]2CN1O. The second-order valence-electron chi connectivity index (χ2n) is 5.43. The van der Waals surface area contributed by atoms with E-state index >= 15 is 0 Å². The van der Waals surface area contributed by atoms with Gasteiger partial charge in [-0.3, -0.25) is 4.79 Å². The molecule has 2 saturated heterocycles. The van der Waals surface area contributed by atoms with Crippen molar-refractivity contribution in [3.8, 4) is 0 Å². The molecule has 2 aliphatic rings. The molecule has 0 unspecified atom stereocenters. The lowest BCUT2D eigenvalue weighted by atomic mass is 10.0. The van der Waals surface area contributed by atoms with Gasteiger partial charge >= 0.3 is 5.97 Å². The van der Waals surface area contributed by atoms with Crippen LogP contribution in [0, 0.1) is 0 Å². The zero-order valence-electron chi connectivity index (χ0n) is 11.4. The summed E-state index contributed by atoms with van der Waals surface area (Å²) >= 11 is 0. The maximum atomic E-state index is 11.1. The maximum absolute atomic E-state index is 11.1. The molecule has 0 aliphatic carbocycles. The number of hydrogen-bond acceptors (Lipinski definition) is 7. The Labute approximate surface area is 112 Å². The molecule has 0 amide bonds. The molecule has 7 heteroatoms. The minimum absolute atomic E-state index is 0.101. The quantitative estimate of drug-likeness (QED) is 0.692. The van der Waals surface area contributed by atoms with Gasteiger partial charge in [-0.1, -0.05) is 0 Å². The number of aliphatic hydroxyl groups is 1. The standard InChI is InChI=1S/C12H21NO6/c1-12(2)18-8-6-13(16)10(11(8)19-12)7(14)4-5-9(15)17-3/h7-8,10-11,14,16H,4-6H2,1-3H3/t7-,8-,10+,11-/m1/s1. The second-order valence-corrected chi connectivity index (χ2v) is 5.43. The molecule has 0 bridgehead atoms. The number of ether oxygens (including phenoxy) is 3. The van der Waals surface area contributed by atoms with Crippen LogP contribution in [0.3, 0.4) is 0 Å². The van der Waals surface area contributed by atoms with Crippen molar-refractivity contribution in [2.75, 3.05) is 13.7 Å². The number of methoxy groups -OCH3 is 1. The molecule has 110 valence electrons. The van der Waals surface area contributed by atoms with Crippen LogP contribution in [0.15, 0.2) is 0 Å². The molecule has 0 aromatic heterocycles. The van der Waals surface area contributed by atoms with Gasteiger partial charge in [-0.15, -0.1) is 0 Å². The van der Waals surface area contributed by atoms with Gasteiger partial charge in [0.2, 0.25) is 0 Å². The Morgan fingerprint density at radius 2 is 2.21 bits per heavy atom. The van der Waals surface area contributed by atoms with Gasteiger partial charge < -0.3 is 24.5 Å². The summed E-state index contributed by atoms with van der Waals surface area (Å²) in [5.41, 5.74) is 0. The van der Waals surface area contributed by atoms with Gasteiger partial charge in [0.15, 0.2) is 5.79 Å². The first-order valence-corrected chi connectivity index (χ1v) is 6.40. The third-order valence-corrected chi connectivity index (χ3v) is 3.54. The van der Waals surface area contributed by atoms with Crippen LogP contribution in [0.25, 0.3) is 0 Å². The van der Waals surface area contributed by atoms with E-state index in [1.165, 1.54) is 7.11 Å². The van der Waals surface area contributed by atoms with E-state index in [2.05, 4.69) is 4.74 Å². The third kappa shape index (κ3) is 3.06. The van der Waals surface area contributed by atoms with Crippen molar-refractivity contribution < 1.29 is 29.3 Å². The molecule has 2 aliphatic heterocycles. The summed E-state index contributed by atoms with van der Waals surface area (Å²) in [6.45, 7) is 3.88. The molecular weight excluding hydrogens is 254 g/mol. The fourth-order valence-corrected chi connectivity index (χ4v) is 2.73. The van der Waals surface area contributed by atoms with Crippen LogP contribution in [-0.2, 0) is 19.0 Å². The summed E-state index contributed by atoms with van der Waals surface area (Å²) in [5.74, 6) is -1.10. The van der Waals surface area contributed by atoms with Gasteiger partial charge in [0.05, 0.1) is 25.8 Å². The maximum Gasteiger partial charge on any atom is 0.305 e. The lowest BCUT2D eigenvalue weighted by Crippen LogP contribution is -2.45. The molecule has 2 fully saturated rings. The summed E-state index contributed by atoms with van der Waals surface area (Å²) in [5, 5.41) is 21.0. The molecule has 0 radical (unpaired) electrons. The van der Waals surface area contributed by atoms with E-state index < -0.39 is 24.0 Å². The highest BCUT2D eigenvalue weighted by Crippen LogP contribution is 2.37. The van der Waals surface area contributed by atoms with E-state index in [1.807, 2.05) is 0 Å². The number of esters is 1. The lowest BCUT2D eigenvalue weighted by molar-refractivity contribution is -0.211. The predicted octanol–water partition coefficient (Wildman–Crippen LogP) is -0.106. The minimum atomic E-state index is -0.878. The van der Waals surface area contributed by atoms with Crippen molar-refractivity contribution in [1.82, 2.24) is 5.06 Å². The van der Waals surface area contributed by atoms with Gasteiger partial charge in [-0.25, -0.2) is 0 Å². The Bertz CT molecular complexity index is 347. The molecule has 2 rings (SSSR count). The van der Waals surface area contributed by atoms with E-state index in [4.69, 9.17) is 9.47 Å². The topological polar surface area (TPSA) is 88.5 Å². The zero-order valence-corrected chi connectivity index (χ0v) is 11.4. The molecule has 0 spiro atoms. The van der Waals surface area contributed by atoms with Gasteiger partial charge in [0.25, 0.3) is 0 Å². The predicted molar refractivity (Wildman–Crippen MR) is 63.4 cm³/mol. The van der Waals surface area contributed by atoms with Crippen LogP contribution in [0.2, 0.25) is 0 Å². The van der Waals surface area contributed by atoms with Crippen molar-refractivity contribution in [1.29, 1.82) is 0 Å². The summed E-state index contributed by atoms with van der Waals surface area (Å²) in [4.78, 5) is 11.1. The molecule has 7 nitrogen and oxygen atoms in total. The Morgan fingerprint density at radius 1 is 1.53 bits per heavy atom. The van der Waals surface area contributed by atoms with Gasteiger partial charge in [-0.05, 0) is 20.3 Å². The Kier molecular flexibility index (Phi) is 4.12. The molecule has 0 aromatic carbocycles. The largest absolute Gasteiger partial charge is 0.469 e.